The summed E-state index contributed by atoms with van der Waals surface area (Å²) in [6, 6.07) is 12.9. The molecular formula is C23H28O4. The van der Waals surface area contributed by atoms with Gasteiger partial charge in [0.05, 0.1) is 31.5 Å². The van der Waals surface area contributed by atoms with E-state index in [1.807, 2.05) is 0 Å². The van der Waals surface area contributed by atoms with Gasteiger partial charge in [-0.1, -0.05) is 30.3 Å². The van der Waals surface area contributed by atoms with Gasteiger partial charge in [0.25, 0.3) is 0 Å². The van der Waals surface area contributed by atoms with Crippen molar-refractivity contribution in [2.75, 3.05) is 13.2 Å². The quantitative estimate of drug-likeness (QED) is 0.867. The molecule has 1 saturated heterocycles. The van der Waals surface area contributed by atoms with Crippen molar-refractivity contribution < 1.29 is 19.7 Å². The van der Waals surface area contributed by atoms with E-state index >= 15 is 0 Å². The van der Waals surface area contributed by atoms with Crippen LogP contribution in [-0.4, -0.2) is 35.6 Å². The first kappa shape index (κ1) is 18.5. The normalized spacial score (nSPS) is 24.9. The molecule has 4 nitrogen and oxygen atoms in total. The zero-order valence-electron chi connectivity index (χ0n) is 15.9. The lowest BCUT2D eigenvalue weighted by atomic mass is 9.91. The topological polar surface area (TPSA) is 58.9 Å². The maximum Gasteiger partial charge on any atom is 0.122 e. The fourth-order valence-electron chi connectivity index (χ4n) is 4.15. The van der Waals surface area contributed by atoms with E-state index in [1.54, 1.807) is 0 Å². The van der Waals surface area contributed by atoms with E-state index in [9.17, 15) is 10.2 Å². The molecule has 0 bridgehead atoms. The Balaban J connectivity index is 1.56. The molecule has 0 saturated carbocycles. The molecule has 3 unspecified atom stereocenters. The summed E-state index contributed by atoms with van der Waals surface area (Å²) in [6.45, 7) is 2.90. The van der Waals surface area contributed by atoms with Gasteiger partial charge in [-0.15, -0.1) is 0 Å². The number of aryl methyl sites for hydroxylation is 2. The standard InChI is InChI=1S/C23H28O4/c1-15-4-6-18(23-13-20(25)12-21(14-24)27-23)11-19(15)10-16-5-7-22-17(9-16)3-2-8-26-22/h4-7,9,11,20-21,23-25H,2-3,8,10,12-14H2,1H3. The summed E-state index contributed by atoms with van der Waals surface area (Å²) in [4.78, 5) is 0. The summed E-state index contributed by atoms with van der Waals surface area (Å²) in [6.07, 6.45) is 3.23. The average Bonchev–Trinajstić information content (AvgIpc) is 2.69. The minimum absolute atomic E-state index is 0.0521. The van der Waals surface area contributed by atoms with E-state index in [4.69, 9.17) is 9.47 Å². The predicted molar refractivity (Wildman–Crippen MR) is 104 cm³/mol. The Morgan fingerprint density at radius 1 is 1.11 bits per heavy atom. The maximum absolute atomic E-state index is 10.1. The third kappa shape index (κ3) is 4.18. The van der Waals surface area contributed by atoms with Gasteiger partial charge in [0.2, 0.25) is 0 Å². The number of fused-ring (bicyclic) bond motifs is 1. The van der Waals surface area contributed by atoms with Gasteiger partial charge in [0.15, 0.2) is 0 Å². The van der Waals surface area contributed by atoms with Crippen molar-refractivity contribution in [1.29, 1.82) is 0 Å². The molecule has 2 aromatic rings. The van der Waals surface area contributed by atoms with Gasteiger partial charge in [-0.05, 0) is 60.1 Å². The second-order valence-electron chi connectivity index (χ2n) is 7.81. The van der Waals surface area contributed by atoms with Crippen molar-refractivity contribution in [3.8, 4) is 5.75 Å². The van der Waals surface area contributed by atoms with Crippen molar-refractivity contribution in [3.05, 3.63) is 64.2 Å². The predicted octanol–water partition coefficient (Wildman–Crippen LogP) is 3.48. The first-order valence-corrected chi connectivity index (χ1v) is 9.91. The number of aliphatic hydroxyl groups is 2. The molecule has 2 aliphatic heterocycles. The van der Waals surface area contributed by atoms with Crippen LogP contribution in [0.5, 0.6) is 5.75 Å². The summed E-state index contributed by atoms with van der Waals surface area (Å²) >= 11 is 0. The number of hydrogen-bond donors (Lipinski definition) is 2. The molecular weight excluding hydrogens is 340 g/mol. The van der Waals surface area contributed by atoms with E-state index in [2.05, 4.69) is 43.3 Å². The molecule has 0 aliphatic carbocycles. The molecule has 2 N–H and O–H groups in total. The highest BCUT2D eigenvalue weighted by atomic mass is 16.5. The zero-order chi connectivity index (χ0) is 18.8. The molecule has 4 rings (SSSR count). The van der Waals surface area contributed by atoms with Gasteiger partial charge in [-0.2, -0.15) is 0 Å². The van der Waals surface area contributed by atoms with Crippen LogP contribution in [0.2, 0.25) is 0 Å². The smallest absolute Gasteiger partial charge is 0.122 e. The number of ether oxygens (including phenoxy) is 2. The van der Waals surface area contributed by atoms with E-state index < -0.39 is 6.10 Å². The van der Waals surface area contributed by atoms with Crippen LogP contribution < -0.4 is 4.74 Å². The third-order valence-electron chi connectivity index (χ3n) is 5.69. The summed E-state index contributed by atoms with van der Waals surface area (Å²) < 4.78 is 11.7. The number of aliphatic hydroxyl groups excluding tert-OH is 2. The molecule has 27 heavy (non-hydrogen) atoms. The molecule has 2 aliphatic rings. The molecule has 2 aromatic carbocycles. The van der Waals surface area contributed by atoms with Gasteiger partial charge in [-0.25, -0.2) is 0 Å². The third-order valence-corrected chi connectivity index (χ3v) is 5.69. The van der Waals surface area contributed by atoms with Gasteiger partial charge in [-0.3, -0.25) is 0 Å². The molecule has 0 radical (unpaired) electrons. The van der Waals surface area contributed by atoms with E-state index in [0.29, 0.717) is 12.8 Å². The molecule has 0 amide bonds. The van der Waals surface area contributed by atoms with Crippen molar-refractivity contribution in [1.82, 2.24) is 0 Å². The zero-order valence-corrected chi connectivity index (χ0v) is 15.9. The van der Waals surface area contributed by atoms with E-state index in [0.717, 1.165) is 37.2 Å². The van der Waals surface area contributed by atoms with Crippen molar-refractivity contribution >= 4 is 0 Å². The van der Waals surface area contributed by atoms with Gasteiger partial charge < -0.3 is 19.7 Å². The number of hydrogen-bond acceptors (Lipinski definition) is 4. The lowest BCUT2D eigenvalue weighted by molar-refractivity contribution is -0.113. The summed E-state index contributed by atoms with van der Waals surface area (Å²) in [7, 11) is 0. The lowest BCUT2D eigenvalue weighted by Gasteiger charge is -2.32. The largest absolute Gasteiger partial charge is 0.493 e. The highest BCUT2D eigenvalue weighted by molar-refractivity contribution is 5.42. The SMILES string of the molecule is Cc1ccc(C2CC(O)CC(CO)O2)cc1Cc1ccc2c(c1)CCCO2. The molecule has 0 aromatic heterocycles. The van der Waals surface area contributed by atoms with E-state index in [-0.39, 0.29) is 18.8 Å². The summed E-state index contributed by atoms with van der Waals surface area (Å²) in [5.41, 5.74) is 6.19. The van der Waals surface area contributed by atoms with Crippen LogP contribution >= 0.6 is 0 Å². The molecule has 0 spiro atoms. The maximum atomic E-state index is 10.1. The van der Waals surface area contributed by atoms with Crippen LogP contribution in [-0.2, 0) is 17.6 Å². The average molecular weight is 368 g/mol. The monoisotopic (exact) mass is 368 g/mol. The number of rotatable bonds is 4. The Labute approximate surface area is 160 Å². The Bertz CT molecular complexity index is 801. The Kier molecular flexibility index (Phi) is 5.48. The number of benzene rings is 2. The van der Waals surface area contributed by atoms with Crippen LogP contribution in [0.1, 0.15) is 53.2 Å². The molecule has 144 valence electrons. The second-order valence-corrected chi connectivity index (χ2v) is 7.81. The molecule has 3 atom stereocenters. The Hall–Kier alpha value is -1.88. The first-order chi connectivity index (χ1) is 13.1. The van der Waals surface area contributed by atoms with Crippen LogP contribution in [0, 0.1) is 6.92 Å². The van der Waals surface area contributed by atoms with Crippen LogP contribution in [0.25, 0.3) is 0 Å². The van der Waals surface area contributed by atoms with Crippen molar-refractivity contribution in [2.24, 2.45) is 0 Å². The van der Waals surface area contributed by atoms with Crippen molar-refractivity contribution in [2.45, 2.75) is 57.3 Å². The van der Waals surface area contributed by atoms with Crippen LogP contribution in [0.3, 0.4) is 0 Å². The molecule has 2 heterocycles. The summed E-state index contributed by atoms with van der Waals surface area (Å²) in [5.74, 6) is 1.02. The first-order valence-electron chi connectivity index (χ1n) is 9.91. The van der Waals surface area contributed by atoms with E-state index in [1.165, 1.54) is 22.3 Å². The lowest BCUT2D eigenvalue weighted by Crippen LogP contribution is -2.33. The fraction of sp³-hybridized carbons (Fsp3) is 0.478. The minimum atomic E-state index is -0.425. The van der Waals surface area contributed by atoms with Crippen molar-refractivity contribution in [3.63, 3.8) is 0 Å². The van der Waals surface area contributed by atoms with Crippen LogP contribution in [0.4, 0.5) is 0 Å². The van der Waals surface area contributed by atoms with Gasteiger partial charge in [0, 0.05) is 12.8 Å². The van der Waals surface area contributed by atoms with Gasteiger partial charge in [0.1, 0.15) is 5.75 Å². The summed E-state index contributed by atoms with van der Waals surface area (Å²) in [5, 5.41) is 19.5. The van der Waals surface area contributed by atoms with Crippen LogP contribution in [0.15, 0.2) is 36.4 Å². The fourth-order valence-corrected chi connectivity index (χ4v) is 4.15. The minimum Gasteiger partial charge on any atom is -0.493 e. The van der Waals surface area contributed by atoms with Gasteiger partial charge >= 0.3 is 0 Å². The molecule has 4 heteroatoms. The second kappa shape index (κ2) is 8.01. The highest BCUT2D eigenvalue weighted by Crippen LogP contribution is 2.33. The highest BCUT2D eigenvalue weighted by Gasteiger charge is 2.29. The Morgan fingerprint density at radius 2 is 2.00 bits per heavy atom. The molecule has 1 fully saturated rings. The Morgan fingerprint density at radius 3 is 2.85 bits per heavy atom.